The van der Waals surface area contributed by atoms with Crippen molar-refractivity contribution in [1.82, 2.24) is 5.48 Å². The number of nitrogens with one attached hydrogen (secondary N) is 1. The second kappa shape index (κ2) is 3.48. The minimum absolute atomic E-state index is 0.00868. The van der Waals surface area contributed by atoms with Crippen molar-refractivity contribution in [2.75, 3.05) is 0 Å². The first-order chi connectivity index (χ1) is 4.75. The molecule has 1 aromatic heterocycles. The number of halogens is 1. The Morgan fingerprint density at radius 2 is 2.50 bits per heavy atom. The van der Waals surface area contributed by atoms with E-state index in [2.05, 4.69) is 21.4 Å². The second-order valence-corrected chi connectivity index (χ2v) is 3.79. The molecule has 0 fully saturated rings. The lowest BCUT2D eigenvalue weighted by atomic mass is 10.3. The van der Waals surface area contributed by atoms with Crippen LogP contribution in [0.2, 0.25) is 0 Å². The van der Waals surface area contributed by atoms with Crippen LogP contribution >= 0.6 is 27.3 Å². The molecule has 4 heteroatoms. The molecule has 10 heavy (non-hydrogen) atoms. The predicted molar refractivity (Wildman–Crippen MR) is 45.4 cm³/mol. The summed E-state index contributed by atoms with van der Waals surface area (Å²) in [6.07, 6.45) is 0. The molecule has 0 bridgehead atoms. The third-order valence-electron chi connectivity index (χ3n) is 1.23. The first-order valence-electron chi connectivity index (χ1n) is 2.88. The summed E-state index contributed by atoms with van der Waals surface area (Å²) in [5.74, 6) is 0. The summed E-state index contributed by atoms with van der Waals surface area (Å²) in [5.41, 5.74) is 2.19. The van der Waals surface area contributed by atoms with Gasteiger partial charge in [0.2, 0.25) is 0 Å². The lowest BCUT2D eigenvalue weighted by Gasteiger charge is -2.05. The fraction of sp³-hybridized carbons (Fsp3) is 0.333. The van der Waals surface area contributed by atoms with Gasteiger partial charge in [0, 0.05) is 9.35 Å². The lowest BCUT2D eigenvalue weighted by Crippen LogP contribution is -2.11. The van der Waals surface area contributed by atoms with Crippen molar-refractivity contribution in [3.63, 3.8) is 0 Å². The van der Waals surface area contributed by atoms with Gasteiger partial charge < -0.3 is 5.21 Å². The molecule has 0 aliphatic heterocycles. The van der Waals surface area contributed by atoms with Crippen LogP contribution < -0.4 is 5.48 Å². The quantitative estimate of drug-likeness (QED) is 0.753. The van der Waals surface area contributed by atoms with Crippen LogP contribution in [0, 0.1) is 0 Å². The molecular weight excluding hydrogens is 214 g/mol. The summed E-state index contributed by atoms with van der Waals surface area (Å²) in [6, 6.07) is 1.97. The zero-order chi connectivity index (χ0) is 7.56. The van der Waals surface area contributed by atoms with Gasteiger partial charge in [-0.15, -0.1) is 11.3 Å². The van der Waals surface area contributed by atoms with Crippen molar-refractivity contribution < 1.29 is 5.21 Å². The van der Waals surface area contributed by atoms with E-state index < -0.39 is 0 Å². The van der Waals surface area contributed by atoms with Crippen molar-refractivity contribution in [3.8, 4) is 0 Å². The van der Waals surface area contributed by atoms with Gasteiger partial charge in [-0.2, -0.15) is 5.48 Å². The van der Waals surface area contributed by atoms with E-state index in [1.54, 1.807) is 11.3 Å². The highest BCUT2D eigenvalue weighted by Gasteiger charge is 2.07. The molecule has 0 aliphatic rings. The van der Waals surface area contributed by atoms with E-state index in [0.29, 0.717) is 0 Å². The third-order valence-corrected chi connectivity index (χ3v) is 3.29. The summed E-state index contributed by atoms with van der Waals surface area (Å²) in [5, 5.41) is 10.5. The van der Waals surface area contributed by atoms with Crippen LogP contribution in [0.5, 0.6) is 0 Å². The first kappa shape index (κ1) is 8.20. The van der Waals surface area contributed by atoms with Crippen molar-refractivity contribution in [2.24, 2.45) is 0 Å². The van der Waals surface area contributed by atoms with Gasteiger partial charge in [0.1, 0.15) is 0 Å². The van der Waals surface area contributed by atoms with E-state index >= 15 is 0 Å². The van der Waals surface area contributed by atoms with Crippen LogP contribution in [0.1, 0.15) is 17.8 Å². The molecule has 0 saturated heterocycles. The molecule has 0 amide bonds. The average molecular weight is 222 g/mol. The van der Waals surface area contributed by atoms with E-state index in [-0.39, 0.29) is 6.04 Å². The van der Waals surface area contributed by atoms with E-state index in [4.69, 9.17) is 5.21 Å². The smallest absolute Gasteiger partial charge is 0.0645 e. The maximum absolute atomic E-state index is 8.57. The highest BCUT2D eigenvalue weighted by atomic mass is 79.9. The molecular formula is C6H8BrNOS. The van der Waals surface area contributed by atoms with Crippen LogP contribution in [0.25, 0.3) is 0 Å². The highest BCUT2D eigenvalue weighted by molar-refractivity contribution is 9.10. The summed E-state index contributed by atoms with van der Waals surface area (Å²) in [4.78, 5) is 1.11. The zero-order valence-corrected chi connectivity index (χ0v) is 7.87. The maximum atomic E-state index is 8.57. The number of hydroxylamine groups is 1. The minimum Gasteiger partial charge on any atom is -0.316 e. The van der Waals surface area contributed by atoms with Gasteiger partial charge in [-0.3, -0.25) is 0 Å². The van der Waals surface area contributed by atoms with Crippen LogP contribution in [0.15, 0.2) is 15.9 Å². The van der Waals surface area contributed by atoms with Gasteiger partial charge in [-0.25, -0.2) is 0 Å². The summed E-state index contributed by atoms with van der Waals surface area (Å²) in [6.45, 7) is 1.90. The molecule has 1 aromatic rings. The van der Waals surface area contributed by atoms with E-state index in [9.17, 15) is 0 Å². The molecule has 1 heterocycles. The molecule has 0 aliphatic carbocycles. The normalized spacial score (nSPS) is 13.5. The molecule has 2 nitrogen and oxygen atoms in total. The van der Waals surface area contributed by atoms with Crippen LogP contribution in [0.4, 0.5) is 0 Å². The van der Waals surface area contributed by atoms with Crippen LogP contribution in [-0.2, 0) is 0 Å². The highest BCUT2D eigenvalue weighted by Crippen LogP contribution is 2.28. The van der Waals surface area contributed by atoms with Gasteiger partial charge in [0.25, 0.3) is 0 Å². The van der Waals surface area contributed by atoms with Gasteiger partial charge >= 0.3 is 0 Å². The van der Waals surface area contributed by atoms with Crippen LogP contribution in [0.3, 0.4) is 0 Å². The Labute approximate surface area is 72.0 Å². The summed E-state index contributed by atoms with van der Waals surface area (Å²) >= 11 is 4.98. The minimum atomic E-state index is 0.00868. The SMILES string of the molecule is CC(NO)c1sccc1Br. The van der Waals surface area contributed by atoms with Crippen molar-refractivity contribution in [3.05, 3.63) is 20.8 Å². The Morgan fingerprint density at radius 3 is 2.90 bits per heavy atom. The number of hydrogen-bond donors (Lipinski definition) is 2. The Hall–Kier alpha value is 0.100. The average Bonchev–Trinajstić information content (AvgIpc) is 2.34. The number of thiophene rings is 1. The van der Waals surface area contributed by atoms with Crippen molar-refractivity contribution in [2.45, 2.75) is 13.0 Å². The Bertz CT molecular complexity index is 213. The standard InChI is InChI=1S/C6H8BrNOS/c1-4(8-9)6-5(7)2-3-10-6/h2-4,8-9H,1H3. The summed E-state index contributed by atoms with van der Waals surface area (Å²) in [7, 11) is 0. The largest absolute Gasteiger partial charge is 0.316 e. The molecule has 1 unspecified atom stereocenters. The fourth-order valence-electron chi connectivity index (χ4n) is 0.673. The molecule has 0 aromatic carbocycles. The molecule has 0 saturated carbocycles. The predicted octanol–water partition coefficient (Wildman–Crippen LogP) is 2.55. The Kier molecular flexibility index (Phi) is 2.85. The molecule has 56 valence electrons. The van der Waals surface area contributed by atoms with E-state index in [1.165, 1.54) is 0 Å². The number of hydrogen-bond acceptors (Lipinski definition) is 3. The monoisotopic (exact) mass is 221 g/mol. The maximum Gasteiger partial charge on any atom is 0.0645 e. The third kappa shape index (κ3) is 1.58. The van der Waals surface area contributed by atoms with E-state index in [0.717, 1.165) is 9.35 Å². The first-order valence-corrected chi connectivity index (χ1v) is 4.55. The number of rotatable bonds is 2. The van der Waals surface area contributed by atoms with Crippen molar-refractivity contribution in [1.29, 1.82) is 0 Å². The topological polar surface area (TPSA) is 32.3 Å². The molecule has 1 rings (SSSR count). The summed E-state index contributed by atoms with van der Waals surface area (Å²) < 4.78 is 1.05. The zero-order valence-electron chi connectivity index (χ0n) is 5.47. The lowest BCUT2D eigenvalue weighted by molar-refractivity contribution is 0.134. The molecule has 1 atom stereocenters. The van der Waals surface area contributed by atoms with Gasteiger partial charge in [0.05, 0.1) is 6.04 Å². The Morgan fingerprint density at radius 1 is 1.80 bits per heavy atom. The van der Waals surface area contributed by atoms with Gasteiger partial charge in [-0.05, 0) is 34.3 Å². The fourth-order valence-corrected chi connectivity index (χ4v) is 2.39. The second-order valence-electron chi connectivity index (χ2n) is 1.98. The molecule has 2 N–H and O–H groups in total. The van der Waals surface area contributed by atoms with E-state index in [1.807, 2.05) is 18.4 Å². The van der Waals surface area contributed by atoms with Gasteiger partial charge in [-0.1, -0.05) is 0 Å². The molecule has 0 spiro atoms. The Balaban J connectivity index is 2.82. The van der Waals surface area contributed by atoms with Crippen molar-refractivity contribution >= 4 is 27.3 Å². The van der Waals surface area contributed by atoms with Crippen LogP contribution in [-0.4, -0.2) is 5.21 Å². The van der Waals surface area contributed by atoms with Gasteiger partial charge in [0.15, 0.2) is 0 Å². The molecule has 0 radical (unpaired) electrons.